The molecule has 3 aromatic rings. The molecule has 2 aromatic heterocycles. The van der Waals surface area contributed by atoms with Gasteiger partial charge in [-0.15, -0.1) is 0 Å². The van der Waals surface area contributed by atoms with Crippen molar-refractivity contribution in [2.75, 3.05) is 51.4 Å². The number of ether oxygens (including phenoxy) is 1. The Balaban J connectivity index is 1.49. The summed E-state index contributed by atoms with van der Waals surface area (Å²) < 4.78 is 5.40. The predicted molar refractivity (Wildman–Crippen MR) is 144 cm³/mol. The van der Waals surface area contributed by atoms with E-state index in [1.165, 1.54) is 0 Å². The Morgan fingerprint density at radius 2 is 1.92 bits per heavy atom. The Morgan fingerprint density at radius 3 is 2.61 bits per heavy atom. The van der Waals surface area contributed by atoms with Crippen LogP contribution in [0.25, 0.3) is 16.7 Å². The van der Waals surface area contributed by atoms with Crippen molar-refractivity contribution in [1.82, 2.24) is 19.8 Å². The highest BCUT2D eigenvalue weighted by Gasteiger charge is 2.16. The fourth-order valence-electron chi connectivity index (χ4n) is 4.25. The molecule has 0 aliphatic carbocycles. The Hall–Kier alpha value is -3.59. The third-order valence-corrected chi connectivity index (χ3v) is 6.08. The lowest BCUT2D eigenvalue weighted by atomic mass is 9.97. The molecule has 1 amide bonds. The van der Waals surface area contributed by atoms with Crippen LogP contribution in [-0.4, -0.2) is 66.1 Å². The van der Waals surface area contributed by atoms with Crippen molar-refractivity contribution in [3.63, 3.8) is 0 Å². The van der Waals surface area contributed by atoms with Crippen molar-refractivity contribution < 1.29 is 9.53 Å². The number of rotatable bonds is 8. The van der Waals surface area contributed by atoms with Crippen LogP contribution in [0.15, 0.2) is 61.1 Å². The van der Waals surface area contributed by atoms with Gasteiger partial charge >= 0.3 is 0 Å². The normalized spacial score (nSPS) is 14.7. The fourth-order valence-corrected chi connectivity index (χ4v) is 4.25. The number of nitrogens with zero attached hydrogens (tertiary/aromatic N) is 4. The largest absolute Gasteiger partial charge is 0.398 e. The number of amides is 1. The maximum Gasteiger partial charge on any atom is 0.256 e. The van der Waals surface area contributed by atoms with E-state index in [1.54, 1.807) is 12.3 Å². The Kier molecular flexibility index (Phi) is 8.43. The molecular formula is C28H34N6O2. The summed E-state index contributed by atoms with van der Waals surface area (Å²) in [6.07, 6.45) is 7.18. The summed E-state index contributed by atoms with van der Waals surface area (Å²) in [5.74, 6) is -0.233. The highest BCUT2D eigenvalue weighted by atomic mass is 16.5. The van der Waals surface area contributed by atoms with E-state index in [4.69, 9.17) is 10.5 Å². The van der Waals surface area contributed by atoms with Crippen molar-refractivity contribution in [1.29, 1.82) is 0 Å². The summed E-state index contributed by atoms with van der Waals surface area (Å²) >= 11 is 0. The van der Waals surface area contributed by atoms with E-state index in [-0.39, 0.29) is 5.91 Å². The van der Waals surface area contributed by atoms with E-state index >= 15 is 0 Å². The van der Waals surface area contributed by atoms with E-state index in [2.05, 4.69) is 31.2 Å². The summed E-state index contributed by atoms with van der Waals surface area (Å²) in [5.41, 5.74) is 12.7. The first-order valence-corrected chi connectivity index (χ1v) is 12.1. The van der Waals surface area contributed by atoms with Crippen LogP contribution in [0, 0.1) is 0 Å². The second kappa shape index (κ2) is 11.9. The molecule has 1 aliphatic heterocycles. The van der Waals surface area contributed by atoms with Crippen LogP contribution in [0.3, 0.4) is 0 Å². The minimum absolute atomic E-state index is 0.233. The highest BCUT2D eigenvalue weighted by molar-refractivity contribution is 6.26. The standard InChI is InChI=1S/C28H34N6O2/c1-4-25(28(35)32-23-6-7-24(31-17-23)19-34-9-11-36-12-10-34)26-14-21(5-8-27(26)29)22-13-20(15-30-16-22)18-33(2)3/h4-8,13-17H,9-12,18-19,29H2,1-3H3,(H,32,35). The number of carbonyl (C=O) groups is 1. The van der Waals surface area contributed by atoms with Crippen LogP contribution >= 0.6 is 0 Å². The van der Waals surface area contributed by atoms with Gasteiger partial charge in [0.2, 0.25) is 0 Å². The third kappa shape index (κ3) is 6.54. The molecule has 4 rings (SSSR count). The molecule has 0 atom stereocenters. The number of carbonyl (C=O) groups excluding carboxylic acids is 1. The SMILES string of the molecule is CC=C(C(=O)Nc1ccc(CN2CCOCC2)nc1)c1cc(-c2cncc(CN(C)C)c2)ccc1N. The lowest BCUT2D eigenvalue weighted by Gasteiger charge is -2.26. The van der Waals surface area contributed by atoms with Crippen LogP contribution < -0.4 is 11.1 Å². The van der Waals surface area contributed by atoms with Crippen molar-refractivity contribution in [2.24, 2.45) is 0 Å². The summed E-state index contributed by atoms with van der Waals surface area (Å²) in [7, 11) is 4.05. The van der Waals surface area contributed by atoms with Crippen LogP contribution in [0.1, 0.15) is 23.7 Å². The van der Waals surface area contributed by atoms with Gasteiger partial charge in [0.15, 0.2) is 0 Å². The molecule has 1 saturated heterocycles. The average Bonchev–Trinajstić information content (AvgIpc) is 2.87. The number of benzene rings is 1. The Morgan fingerprint density at radius 1 is 1.11 bits per heavy atom. The summed E-state index contributed by atoms with van der Waals surface area (Å²) in [6.45, 7) is 6.72. The van der Waals surface area contributed by atoms with Gasteiger partial charge in [-0.1, -0.05) is 12.1 Å². The van der Waals surface area contributed by atoms with Gasteiger partial charge in [0.05, 0.1) is 30.8 Å². The molecule has 1 aliphatic rings. The van der Waals surface area contributed by atoms with Crippen molar-refractivity contribution >= 4 is 22.9 Å². The van der Waals surface area contributed by atoms with Crippen LogP contribution in [-0.2, 0) is 22.6 Å². The molecule has 0 saturated carbocycles. The zero-order valence-electron chi connectivity index (χ0n) is 21.2. The molecule has 0 spiro atoms. The van der Waals surface area contributed by atoms with Crippen LogP contribution in [0.2, 0.25) is 0 Å². The maximum atomic E-state index is 13.2. The summed E-state index contributed by atoms with van der Waals surface area (Å²) in [5, 5.41) is 2.96. The lowest BCUT2D eigenvalue weighted by Crippen LogP contribution is -2.35. The van der Waals surface area contributed by atoms with Gasteiger partial charge in [0.1, 0.15) is 0 Å². The second-order valence-electron chi connectivity index (χ2n) is 9.20. The van der Waals surface area contributed by atoms with Gasteiger partial charge < -0.3 is 20.7 Å². The number of hydrogen-bond donors (Lipinski definition) is 2. The Bertz CT molecular complexity index is 1220. The number of allylic oxidation sites excluding steroid dienone is 1. The molecule has 1 fully saturated rings. The van der Waals surface area contributed by atoms with Gasteiger partial charge in [-0.2, -0.15) is 0 Å². The van der Waals surface area contributed by atoms with Gasteiger partial charge in [-0.05, 0) is 62.5 Å². The zero-order valence-corrected chi connectivity index (χ0v) is 21.2. The topological polar surface area (TPSA) is 96.6 Å². The summed E-state index contributed by atoms with van der Waals surface area (Å²) in [4.78, 5) is 26.6. The number of nitrogens with two attached hydrogens (primary N) is 1. The van der Waals surface area contributed by atoms with Crippen molar-refractivity contribution in [3.8, 4) is 11.1 Å². The molecular weight excluding hydrogens is 452 g/mol. The molecule has 8 nitrogen and oxygen atoms in total. The minimum atomic E-state index is -0.233. The molecule has 0 radical (unpaired) electrons. The molecule has 3 heterocycles. The quantitative estimate of drug-likeness (QED) is 0.370. The first-order chi connectivity index (χ1) is 17.4. The monoisotopic (exact) mass is 486 g/mol. The third-order valence-electron chi connectivity index (χ3n) is 6.08. The minimum Gasteiger partial charge on any atom is -0.398 e. The lowest BCUT2D eigenvalue weighted by molar-refractivity contribution is -0.111. The smallest absolute Gasteiger partial charge is 0.256 e. The second-order valence-corrected chi connectivity index (χ2v) is 9.20. The number of nitrogen functional groups attached to an aromatic ring is 1. The molecule has 0 unspecified atom stereocenters. The number of aromatic nitrogens is 2. The molecule has 3 N–H and O–H groups in total. The zero-order chi connectivity index (χ0) is 25.5. The van der Waals surface area contributed by atoms with Gasteiger partial charge in [-0.3, -0.25) is 19.7 Å². The molecule has 36 heavy (non-hydrogen) atoms. The van der Waals surface area contributed by atoms with E-state index in [9.17, 15) is 4.79 Å². The number of nitrogens with one attached hydrogen (secondary N) is 1. The number of pyridine rings is 2. The van der Waals surface area contributed by atoms with Gasteiger partial charge in [-0.25, -0.2) is 0 Å². The summed E-state index contributed by atoms with van der Waals surface area (Å²) in [6, 6.07) is 11.7. The van der Waals surface area contributed by atoms with Crippen molar-refractivity contribution in [3.05, 3.63) is 77.9 Å². The molecule has 0 bridgehead atoms. The first kappa shape index (κ1) is 25.5. The fraction of sp³-hybridized carbons (Fsp3) is 0.321. The van der Waals surface area contributed by atoms with Gasteiger partial charge in [0.25, 0.3) is 5.91 Å². The number of morpholine rings is 1. The molecule has 1 aromatic carbocycles. The molecule has 8 heteroatoms. The maximum absolute atomic E-state index is 13.2. The van der Waals surface area contributed by atoms with Crippen LogP contribution in [0.4, 0.5) is 11.4 Å². The number of hydrogen-bond acceptors (Lipinski definition) is 7. The van der Waals surface area contributed by atoms with Gasteiger partial charge in [0, 0.05) is 61.0 Å². The predicted octanol–water partition coefficient (Wildman–Crippen LogP) is 3.66. The first-order valence-electron chi connectivity index (χ1n) is 12.1. The molecule has 188 valence electrons. The van der Waals surface area contributed by atoms with E-state index in [0.717, 1.165) is 61.8 Å². The van der Waals surface area contributed by atoms with E-state index in [0.29, 0.717) is 22.5 Å². The van der Waals surface area contributed by atoms with E-state index in [1.807, 2.05) is 63.7 Å². The average molecular weight is 487 g/mol. The van der Waals surface area contributed by atoms with E-state index < -0.39 is 0 Å². The Labute approximate surface area is 212 Å². The highest BCUT2D eigenvalue weighted by Crippen LogP contribution is 2.29. The van der Waals surface area contributed by atoms with Crippen LogP contribution in [0.5, 0.6) is 0 Å². The number of anilines is 2. The van der Waals surface area contributed by atoms with Crippen molar-refractivity contribution in [2.45, 2.75) is 20.0 Å².